The molecule has 2 amide bonds. The quantitative estimate of drug-likeness (QED) is 0.734. The van der Waals surface area contributed by atoms with Crippen molar-refractivity contribution < 1.29 is 18.5 Å². The van der Waals surface area contributed by atoms with E-state index in [2.05, 4.69) is 20.8 Å². The monoisotopic (exact) mass is 354 g/mol. The van der Waals surface area contributed by atoms with Gasteiger partial charge in [0.1, 0.15) is 17.3 Å². The van der Waals surface area contributed by atoms with E-state index in [0.29, 0.717) is 5.76 Å². The van der Waals surface area contributed by atoms with Crippen molar-refractivity contribution in [1.82, 2.24) is 15.5 Å². The average molecular weight is 354 g/mol. The molecule has 0 saturated heterocycles. The third-order valence-electron chi connectivity index (χ3n) is 3.49. The molecular formula is C18H15FN4O3. The lowest BCUT2D eigenvalue weighted by Gasteiger charge is -2.06. The van der Waals surface area contributed by atoms with E-state index in [1.807, 2.05) is 0 Å². The van der Waals surface area contributed by atoms with E-state index in [1.54, 1.807) is 25.1 Å². The predicted octanol–water partition coefficient (Wildman–Crippen LogP) is 2.70. The number of nitrogens with zero attached hydrogens (tertiary/aromatic N) is 2. The second-order valence-corrected chi connectivity index (χ2v) is 5.52. The maximum absolute atomic E-state index is 12.9. The van der Waals surface area contributed by atoms with Gasteiger partial charge in [0.2, 0.25) is 0 Å². The van der Waals surface area contributed by atoms with E-state index in [0.717, 1.165) is 5.56 Å². The highest BCUT2D eigenvalue weighted by Gasteiger charge is 2.13. The number of hydrogen-bond acceptors (Lipinski definition) is 5. The molecule has 2 aromatic heterocycles. The van der Waals surface area contributed by atoms with Gasteiger partial charge in [0.15, 0.2) is 5.82 Å². The van der Waals surface area contributed by atoms with Crippen LogP contribution in [0.1, 0.15) is 32.2 Å². The van der Waals surface area contributed by atoms with Gasteiger partial charge in [-0.15, -0.1) is 0 Å². The van der Waals surface area contributed by atoms with Crippen molar-refractivity contribution >= 4 is 17.6 Å². The molecule has 0 aliphatic carbocycles. The molecule has 2 N–H and O–H groups in total. The van der Waals surface area contributed by atoms with E-state index in [9.17, 15) is 14.0 Å². The fraction of sp³-hybridized carbons (Fsp3) is 0.111. The number of carbonyl (C=O) groups excluding carboxylic acids is 2. The van der Waals surface area contributed by atoms with E-state index >= 15 is 0 Å². The molecule has 8 heteroatoms. The van der Waals surface area contributed by atoms with E-state index in [4.69, 9.17) is 4.52 Å². The van der Waals surface area contributed by atoms with Gasteiger partial charge >= 0.3 is 0 Å². The maximum atomic E-state index is 12.9. The Kier molecular flexibility index (Phi) is 5.02. The molecule has 0 atom stereocenters. The minimum absolute atomic E-state index is 0.0936. The van der Waals surface area contributed by atoms with Gasteiger partial charge in [-0.1, -0.05) is 17.3 Å². The normalized spacial score (nSPS) is 10.4. The minimum Gasteiger partial charge on any atom is -0.360 e. The Balaban J connectivity index is 1.64. The van der Waals surface area contributed by atoms with Crippen LogP contribution in [0, 0.1) is 12.7 Å². The standard InChI is InChI=1S/C18H15FN4O3/c1-11-8-16(23-26-11)22-17(24)13-6-7-20-15(9-13)18(25)21-10-12-2-4-14(19)5-3-12/h2-9H,10H2,1H3,(H,21,25)(H,22,23,24). The summed E-state index contributed by atoms with van der Waals surface area (Å²) in [6.07, 6.45) is 1.37. The van der Waals surface area contributed by atoms with Gasteiger partial charge in [-0.25, -0.2) is 4.39 Å². The van der Waals surface area contributed by atoms with Gasteiger partial charge in [-0.2, -0.15) is 0 Å². The third kappa shape index (κ3) is 4.29. The Morgan fingerprint density at radius 2 is 1.88 bits per heavy atom. The molecule has 0 fully saturated rings. The zero-order valence-electron chi connectivity index (χ0n) is 13.8. The fourth-order valence-corrected chi connectivity index (χ4v) is 2.18. The summed E-state index contributed by atoms with van der Waals surface area (Å²) in [5.41, 5.74) is 1.10. The lowest BCUT2D eigenvalue weighted by atomic mass is 10.2. The highest BCUT2D eigenvalue weighted by Crippen LogP contribution is 2.10. The Morgan fingerprint density at radius 1 is 1.12 bits per heavy atom. The molecular weight excluding hydrogens is 339 g/mol. The number of amides is 2. The van der Waals surface area contributed by atoms with Crippen LogP contribution in [-0.4, -0.2) is 22.0 Å². The van der Waals surface area contributed by atoms with Crippen LogP contribution in [0.3, 0.4) is 0 Å². The number of carbonyl (C=O) groups is 2. The van der Waals surface area contributed by atoms with Crippen LogP contribution in [-0.2, 0) is 6.54 Å². The summed E-state index contributed by atoms with van der Waals surface area (Å²) in [6, 6.07) is 10.2. The van der Waals surface area contributed by atoms with Gasteiger partial charge in [0.25, 0.3) is 11.8 Å². The van der Waals surface area contributed by atoms with Gasteiger partial charge < -0.3 is 15.2 Å². The highest BCUT2D eigenvalue weighted by molar-refractivity contribution is 6.05. The molecule has 0 bridgehead atoms. The van der Waals surface area contributed by atoms with Crippen LogP contribution < -0.4 is 10.6 Å². The average Bonchev–Trinajstić information content (AvgIpc) is 3.05. The lowest BCUT2D eigenvalue weighted by Crippen LogP contribution is -2.24. The van der Waals surface area contributed by atoms with Gasteiger partial charge in [0, 0.05) is 24.4 Å². The van der Waals surface area contributed by atoms with Crippen LogP contribution in [0.4, 0.5) is 10.2 Å². The highest BCUT2D eigenvalue weighted by atomic mass is 19.1. The fourth-order valence-electron chi connectivity index (χ4n) is 2.18. The van der Waals surface area contributed by atoms with Crippen molar-refractivity contribution in [2.24, 2.45) is 0 Å². The first-order valence-corrected chi connectivity index (χ1v) is 7.74. The molecule has 0 spiro atoms. The first-order valence-electron chi connectivity index (χ1n) is 7.74. The van der Waals surface area contributed by atoms with Crippen molar-refractivity contribution in [3.63, 3.8) is 0 Å². The first-order chi connectivity index (χ1) is 12.5. The summed E-state index contributed by atoms with van der Waals surface area (Å²) in [5, 5.41) is 8.92. The number of halogens is 1. The number of aryl methyl sites for hydroxylation is 1. The molecule has 0 aliphatic heterocycles. The molecule has 132 valence electrons. The van der Waals surface area contributed by atoms with Crippen molar-refractivity contribution in [3.05, 3.63) is 77.1 Å². The number of rotatable bonds is 5. The van der Waals surface area contributed by atoms with Crippen molar-refractivity contribution in [1.29, 1.82) is 0 Å². The summed E-state index contributed by atoms with van der Waals surface area (Å²) in [5.74, 6) is -0.375. The topological polar surface area (TPSA) is 97.1 Å². The van der Waals surface area contributed by atoms with Crippen LogP contribution in [0.25, 0.3) is 0 Å². The molecule has 0 unspecified atom stereocenters. The van der Waals surface area contributed by atoms with Crippen LogP contribution in [0.5, 0.6) is 0 Å². The Hall–Kier alpha value is -3.55. The SMILES string of the molecule is Cc1cc(NC(=O)c2ccnc(C(=O)NCc3ccc(F)cc3)c2)no1. The number of pyridine rings is 1. The lowest BCUT2D eigenvalue weighted by molar-refractivity contribution is 0.0946. The zero-order chi connectivity index (χ0) is 18.5. The largest absolute Gasteiger partial charge is 0.360 e. The second kappa shape index (κ2) is 7.56. The zero-order valence-corrected chi connectivity index (χ0v) is 13.8. The third-order valence-corrected chi connectivity index (χ3v) is 3.49. The number of hydrogen-bond donors (Lipinski definition) is 2. The van der Waals surface area contributed by atoms with Gasteiger partial charge in [-0.3, -0.25) is 14.6 Å². The molecule has 3 aromatic rings. The number of anilines is 1. The molecule has 26 heavy (non-hydrogen) atoms. The maximum Gasteiger partial charge on any atom is 0.270 e. The molecule has 0 radical (unpaired) electrons. The molecule has 0 saturated carbocycles. The summed E-state index contributed by atoms with van der Waals surface area (Å²) in [6.45, 7) is 1.92. The van der Waals surface area contributed by atoms with E-state index in [1.165, 1.54) is 30.5 Å². The Morgan fingerprint density at radius 3 is 2.58 bits per heavy atom. The van der Waals surface area contributed by atoms with Crippen molar-refractivity contribution in [3.8, 4) is 0 Å². The van der Waals surface area contributed by atoms with Gasteiger partial charge in [0.05, 0.1) is 0 Å². The van der Waals surface area contributed by atoms with Crippen molar-refractivity contribution in [2.45, 2.75) is 13.5 Å². The molecule has 2 heterocycles. The summed E-state index contributed by atoms with van der Waals surface area (Å²) < 4.78 is 17.8. The van der Waals surface area contributed by atoms with Gasteiger partial charge in [-0.05, 0) is 36.8 Å². The predicted molar refractivity (Wildman–Crippen MR) is 91.0 cm³/mol. The number of nitrogens with one attached hydrogen (secondary N) is 2. The summed E-state index contributed by atoms with van der Waals surface area (Å²) in [4.78, 5) is 28.4. The number of benzene rings is 1. The Labute approximate surface area is 148 Å². The summed E-state index contributed by atoms with van der Waals surface area (Å²) >= 11 is 0. The van der Waals surface area contributed by atoms with E-state index in [-0.39, 0.29) is 29.4 Å². The smallest absolute Gasteiger partial charge is 0.270 e. The number of aromatic nitrogens is 2. The first kappa shape index (κ1) is 17.3. The Bertz CT molecular complexity index is 938. The summed E-state index contributed by atoms with van der Waals surface area (Å²) in [7, 11) is 0. The second-order valence-electron chi connectivity index (χ2n) is 5.52. The molecule has 7 nitrogen and oxygen atoms in total. The van der Waals surface area contributed by atoms with Crippen LogP contribution in [0.2, 0.25) is 0 Å². The van der Waals surface area contributed by atoms with Crippen molar-refractivity contribution in [2.75, 3.05) is 5.32 Å². The van der Waals surface area contributed by atoms with Crippen LogP contribution in [0.15, 0.2) is 53.2 Å². The molecule has 3 rings (SSSR count). The van der Waals surface area contributed by atoms with E-state index < -0.39 is 11.8 Å². The van der Waals surface area contributed by atoms with Crippen LogP contribution >= 0.6 is 0 Å². The minimum atomic E-state index is -0.443. The molecule has 0 aliphatic rings. The molecule has 1 aromatic carbocycles.